The second kappa shape index (κ2) is 5.43. The van der Waals surface area contributed by atoms with Gasteiger partial charge < -0.3 is 19.7 Å². The van der Waals surface area contributed by atoms with Crippen LogP contribution in [0.15, 0.2) is 24.5 Å². The van der Waals surface area contributed by atoms with Crippen molar-refractivity contribution in [3.8, 4) is 0 Å². The first-order chi connectivity index (χ1) is 9.08. The number of hydrogen-bond acceptors (Lipinski definition) is 4. The molecular formula is C13H12O6. The van der Waals surface area contributed by atoms with E-state index in [9.17, 15) is 9.59 Å². The molecule has 1 heterocycles. The Morgan fingerprint density at radius 3 is 2.58 bits per heavy atom. The Balaban J connectivity index is 2.39. The summed E-state index contributed by atoms with van der Waals surface area (Å²) in [6, 6.07) is 4.43. The molecule has 2 N–H and O–H groups in total. The van der Waals surface area contributed by atoms with E-state index in [0.29, 0.717) is 24.5 Å². The Morgan fingerprint density at radius 2 is 2.00 bits per heavy atom. The molecule has 0 aromatic heterocycles. The van der Waals surface area contributed by atoms with Gasteiger partial charge in [0.1, 0.15) is 19.5 Å². The number of ether oxygens (including phenoxy) is 2. The second-order valence-corrected chi connectivity index (χ2v) is 3.95. The highest BCUT2D eigenvalue weighted by atomic mass is 16.6. The van der Waals surface area contributed by atoms with Crippen LogP contribution in [-0.4, -0.2) is 35.4 Å². The smallest absolute Gasteiger partial charge is 0.335 e. The third-order valence-corrected chi connectivity index (χ3v) is 2.61. The van der Waals surface area contributed by atoms with Crippen LogP contribution in [0.5, 0.6) is 0 Å². The zero-order valence-corrected chi connectivity index (χ0v) is 9.96. The van der Waals surface area contributed by atoms with Gasteiger partial charge in [-0.3, -0.25) is 4.79 Å². The van der Waals surface area contributed by atoms with Crippen LogP contribution in [0.1, 0.15) is 21.5 Å². The molecule has 0 saturated heterocycles. The van der Waals surface area contributed by atoms with E-state index in [-0.39, 0.29) is 17.5 Å². The zero-order valence-electron chi connectivity index (χ0n) is 9.96. The quantitative estimate of drug-likeness (QED) is 0.852. The SMILES string of the molecule is O=C(O)Cc1cc(C2=COCCO2)ccc1C(=O)O. The van der Waals surface area contributed by atoms with Crippen LogP contribution >= 0.6 is 0 Å². The molecule has 6 nitrogen and oxygen atoms in total. The molecule has 1 aliphatic rings. The van der Waals surface area contributed by atoms with Gasteiger partial charge in [0.15, 0.2) is 5.76 Å². The Labute approximate surface area is 108 Å². The summed E-state index contributed by atoms with van der Waals surface area (Å²) in [6.07, 6.45) is 1.08. The van der Waals surface area contributed by atoms with E-state index >= 15 is 0 Å². The number of benzene rings is 1. The van der Waals surface area contributed by atoms with Crippen molar-refractivity contribution < 1.29 is 29.3 Å². The molecule has 0 unspecified atom stereocenters. The highest BCUT2D eigenvalue weighted by molar-refractivity contribution is 5.91. The lowest BCUT2D eigenvalue weighted by Gasteiger charge is -2.16. The Hall–Kier alpha value is -2.50. The maximum Gasteiger partial charge on any atom is 0.335 e. The van der Waals surface area contributed by atoms with Gasteiger partial charge in [-0.1, -0.05) is 6.07 Å². The first kappa shape index (κ1) is 12.9. The molecular weight excluding hydrogens is 252 g/mol. The van der Waals surface area contributed by atoms with Gasteiger partial charge in [-0.05, 0) is 17.7 Å². The molecule has 0 amide bonds. The molecule has 0 bridgehead atoms. The number of hydrogen-bond donors (Lipinski definition) is 2. The molecule has 100 valence electrons. The summed E-state index contributed by atoms with van der Waals surface area (Å²) in [5.74, 6) is -1.78. The zero-order chi connectivity index (χ0) is 13.8. The van der Waals surface area contributed by atoms with Crippen LogP contribution in [0.2, 0.25) is 0 Å². The molecule has 0 radical (unpaired) electrons. The van der Waals surface area contributed by atoms with E-state index in [1.54, 1.807) is 6.07 Å². The first-order valence-electron chi connectivity index (χ1n) is 5.61. The van der Waals surface area contributed by atoms with E-state index in [1.165, 1.54) is 18.4 Å². The number of rotatable bonds is 4. The second-order valence-electron chi connectivity index (χ2n) is 3.95. The fourth-order valence-electron chi connectivity index (χ4n) is 1.78. The van der Waals surface area contributed by atoms with Crippen LogP contribution in [0.3, 0.4) is 0 Å². The van der Waals surface area contributed by atoms with Crippen molar-refractivity contribution in [1.29, 1.82) is 0 Å². The summed E-state index contributed by atoms with van der Waals surface area (Å²) in [5.41, 5.74) is 0.803. The van der Waals surface area contributed by atoms with E-state index in [2.05, 4.69) is 0 Å². The largest absolute Gasteiger partial charge is 0.494 e. The number of carboxylic acids is 2. The fourth-order valence-corrected chi connectivity index (χ4v) is 1.78. The molecule has 6 heteroatoms. The number of carboxylic acid groups (broad SMARTS) is 2. The normalized spacial score (nSPS) is 14.0. The highest BCUT2D eigenvalue weighted by Crippen LogP contribution is 2.22. The minimum Gasteiger partial charge on any atom is -0.494 e. The molecule has 0 aliphatic carbocycles. The van der Waals surface area contributed by atoms with E-state index in [1.807, 2.05) is 0 Å². The molecule has 19 heavy (non-hydrogen) atoms. The van der Waals surface area contributed by atoms with Crippen molar-refractivity contribution in [3.05, 3.63) is 41.2 Å². The predicted octanol–water partition coefficient (Wildman–Crippen LogP) is 1.36. The molecule has 1 aromatic rings. The van der Waals surface area contributed by atoms with E-state index in [0.717, 1.165) is 0 Å². The lowest BCUT2D eigenvalue weighted by molar-refractivity contribution is -0.136. The lowest BCUT2D eigenvalue weighted by Crippen LogP contribution is -2.11. The fraction of sp³-hybridized carbons (Fsp3) is 0.231. The highest BCUT2D eigenvalue weighted by Gasteiger charge is 2.16. The number of carbonyl (C=O) groups is 2. The van der Waals surface area contributed by atoms with E-state index < -0.39 is 11.9 Å². The lowest BCUT2D eigenvalue weighted by atomic mass is 10.0. The summed E-state index contributed by atoms with van der Waals surface area (Å²) < 4.78 is 10.5. The van der Waals surface area contributed by atoms with Crippen LogP contribution in [0.4, 0.5) is 0 Å². The van der Waals surface area contributed by atoms with Crippen molar-refractivity contribution in [1.82, 2.24) is 0 Å². The van der Waals surface area contributed by atoms with Crippen molar-refractivity contribution in [2.75, 3.05) is 13.2 Å². The van der Waals surface area contributed by atoms with Gasteiger partial charge >= 0.3 is 11.9 Å². The van der Waals surface area contributed by atoms with Gasteiger partial charge in [-0.2, -0.15) is 0 Å². The standard InChI is InChI=1S/C13H12O6/c14-12(15)6-9-5-8(1-2-10(9)13(16)17)11-7-18-3-4-19-11/h1-2,5,7H,3-4,6H2,(H,14,15)(H,16,17). The molecule has 0 saturated carbocycles. The van der Waals surface area contributed by atoms with Gasteiger partial charge in [-0.25, -0.2) is 4.79 Å². The van der Waals surface area contributed by atoms with Crippen molar-refractivity contribution >= 4 is 17.7 Å². The van der Waals surface area contributed by atoms with Gasteiger partial charge in [0.25, 0.3) is 0 Å². The Kier molecular flexibility index (Phi) is 3.70. The van der Waals surface area contributed by atoms with Crippen LogP contribution < -0.4 is 0 Å². The molecule has 0 atom stereocenters. The summed E-state index contributed by atoms with van der Waals surface area (Å²) in [5, 5.41) is 17.8. The molecule has 1 aliphatic heterocycles. The Morgan fingerprint density at radius 1 is 1.21 bits per heavy atom. The topological polar surface area (TPSA) is 93.1 Å². The summed E-state index contributed by atoms with van der Waals surface area (Å²) >= 11 is 0. The predicted molar refractivity (Wildman–Crippen MR) is 64.6 cm³/mol. The molecule has 2 rings (SSSR count). The van der Waals surface area contributed by atoms with Gasteiger partial charge in [0.2, 0.25) is 0 Å². The minimum absolute atomic E-state index is 0.0246. The summed E-state index contributed by atoms with van der Waals surface area (Å²) in [4.78, 5) is 21.8. The van der Waals surface area contributed by atoms with Crippen molar-refractivity contribution in [2.45, 2.75) is 6.42 Å². The maximum atomic E-state index is 11.0. The molecule has 0 fully saturated rings. The third kappa shape index (κ3) is 3.04. The summed E-state index contributed by atoms with van der Waals surface area (Å²) in [7, 11) is 0. The van der Waals surface area contributed by atoms with Crippen LogP contribution in [-0.2, 0) is 20.7 Å². The Bertz CT molecular complexity index is 546. The monoisotopic (exact) mass is 264 g/mol. The average Bonchev–Trinajstić information content (AvgIpc) is 2.38. The number of aromatic carboxylic acids is 1. The van der Waals surface area contributed by atoms with Crippen LogP contribution in [0, 0.1) is 0 Å². The van der Waals surface area contributed by atoms with Crippen molar-refractivity contribution in [2.24, 2.45) is 0 Å². The average molecular weight is 264 g/mol. The van der Waals surface area contributed by atoms with Gasteiger partial charge in [0.05, 0.1) is 12.0 Å². The number of aliphatic carboxylic acids is 1. The van der Waals surface area contributed by atoms with Crippen LogP contribution in [0.25, 0.3) is 5.76 Å². The van der Waals surface area contributed by atoms with Gasteiger partial charge in [-0.15, -0.1) is 0 Å². The van der Waals surface area contributed by atoms with Crippen molar-refractivity contribution in [3.63, 3.8) is 0 Å². The van der Waals surface area contributed by atoms with E-state index in [4.69, 9.17) is 19.7 Å². The molecule has 1 aromatic carbocycles. The summed E-state index contributed by atoms with van der Waals surface area (Å²) in [6.45, 7) is 0.861. The molecule has 0 spiro atoms. The minimum atomic E-state index is -1.16. The van der Waals surface area contributed by atoms with Gasteiger partial charge in [0, 0.05) is 5.56 Å². The first-order valence-corrected chi connectivity index (χ1v) is 5.61. The maximum absolute atomic E-state index is 11.0. The third-order valence-electron chi connectivity index (χ3n) is 2.61.